The molecule has 7 heteroatoms. The number of nitrogens with one attached hydrogen (secondary N) is 1. The fraction of sp³-hybridized carbons (Fsp3) is 0.167. The monoisotopic (exact) mass is 357 g/mol. The summed E-state index contributed by atoms with van der Waals surface area (Å²) < 4.78 is 0. The molecular weight excluding hydrogens is 338 g/mol. The molecule has 0 aliphatic carbocycles. The fourth-order valence-corrected chi connectivity index (χ4v) is 2.50. The van der Waals surface area contributed by atoms with Crippen LogP contribution in [0.25, 0.3) is 0 Å². The molecule has 1 saturated heterocycles. The summed E-state index contributed by atoms with van der Waals surface area (Å²) in [7, 11) is 0. The molecule has 6 nitrogen and oxygen atoms in total. The molecule has 1 amide bonds. The minimum absolute atomic E-state index is 0.0474. The highest BCUT2D eigenvalue weighted by Crippen LogP contribution is 2.15. The third-order valence-corrected chi connectivity index (χ3v) is 3.80. The molecule has 0 radical (unpaired) electrons. The molecule has 1 aliphatic rings. The van der Waals surface area contributed by atoms with E-state index in [1.807, 2.05) is 60.7 Å². The summed E-state index contributed by atoms with van der Waals surface area (Å²) in [5, 5.41) is 11.6. The lowest BCUT2D eigenvalue weighted by molar-refractivity contribution is -0.138. The van der Waals surface area contributed by atoms with Crippen LogP contribution in [-0.4, -0.2) is 34.7 Å². The van der Waals surface area contributed by atoms with Gasteiger partial charge in [-0.25, -0.2) is 0 Å². The first-order chi connectivity index (χ1) is 12.0. The zero-order valence-corrected chi connectivity index (χ0v) is 14.3. The SMILES string of the molecule is N[C@@H](Cc1ccccc1)C(=O)O.O=C1CN(c2ccccc2)C(=S)N1. The second kappa shape index (κ2) is 8.91. The number of hydrogen-bond donors (Lipinski definition) is 3. The van der Waals surface area contributed by atoms with Gasteiger partial charge in [0.2, 0.25) is 5.91 Å². The van der Waals surface area contributed by atoms with E-state index in [-0.39, 0.29) is 5.91 Å². The first kappa shape index (κ1) is 18.6. The summed E-state index contributed by atoms with van der Waals surface area (Å²) >= 11 is 4.99. The Bertz CT molecular complexity index is 738. The van der Waals surface area contributed by atoms with Crippen molar-refractivity contribution < 1.29 is 14.7 Å². The Morgan fingerprint density at radius 3 is 2.20 bits per heavy atom. The molecule has 1 atom stereocenters. The van der Waals surface area contributed by atoms with E-state index in [0.29, 0.717) is 18.1 Å². The van der Waals surface area contributed by atoms with Gasteiger partial charge in [0, 0.05) is 5.69 Å². The number of carboxylic acid groups (broad SMARTS) is 1. The Morgan fingerprint density at radius 1 is 1.16 bits per heavy atom. The molecule has 0 bridgehead atoms. The number of benzene rings is 2. The predicted molar refractivity (Wildman–Crippen MR) is 100 cm³/mol. The van der Waals surface area contributed by atoms with E-state index in [1.165, 1.54) is 0 Å². The van der Waals surface area contributed by atoms with Gasteiger partial charge in [-0.05, 0) is 36.3 Å². The average molecular weight is 357 g/mol. The van der Waals surface area contributed by atoms with E-state index in [4.69, 9.17) is 23.1 Å². The van der Waals surface area contributed by atoms with Crippen LogP contribution in [0.3, 0.4) is 0 Å². The highest BCUT2D eigenvalue weighted by molar-refractivity contribution is 7.80. The lowest BCUT2D eigenvalue weighted by Gasteiger charge is -2.14. The molecule has 2 aromatic carbocycles. The second-order valence-corrected chi connectivity index (χ2v) is 5.80. The Morgan fingerprint density at radius 2 is 1.72 bits per heavy atom. The van der Waals surface area contributed by atoms with Crippen LogP contribution in [-0.2, 0) is 16.0 Å². The van der Waals surface area contributed by atoms with Crippen LogP contribution in [0.2, 0.25) is 0 Å². The van der Waals surface area contributed by atoms with E-state index in [9.17, 15) is 9.59 Å². The van der Waals surface area contributed by atoms with Gasteiger partial charge in [0.25, 0.3) is 0 Å². The van der Waals surface area contributed by atoms with Crippen molar-refractivity contribution in [1.82, 2.24) is 5.32 Å². The molecule has 1 heterocycles. The molecule has 0 unspecified atom stereocenters. The van der Waals surface area contributed by atoms with Gasteiger partial charge >= 0.3 is 5.97 Å². The maximum absolute atomic E-state index is 11.0. The van der Waals surface area contributed by atoms with Gasteiger partial charge in [-0.3, -0.25) is 9.59 Å². The number of aliphatic carboxylic acids is 1. The lowest BCUT2D eigenvalue weighted by atomic mass is 10.1. The van der Waals surface area contributed by atoms with Crippen LogP contribution in [0, 0.1) is 0 Å². The smallest absolute Gasteiger partial charge is 0.320 e. The predicted octanol–water partition coefficient (Wildman–Crippen LogP) is 1.55. The topological polar surface area (TPSA) is 95.7 Å². The van der Waals surface area contributed by atoms with Crippen molar-refractivity contribution in [3.8, 4) is 0 Å². The molecular formula is C18H19N3O3S. The van der Waals surface area contributed by atoms with Crippen LogP contribution in [0.5, 0.6) is 0 Å². The number of nitrogens with zero attached hydrogens (tertiary/aromatic N) is 1. The zero-order valence-electron chi connectivity index (χ0n) is 13.5. The Balaban J connectivity index is 0.000000181. The molecule has 0 saturated carbocycles. The number of rotatable bonds is 4. The van der Waals surface area contributed by atoms with Crippen molar-refractivity contribution in [3.05, 3.63) is 66.2 Å². The standard InChI is InChI=1S/C9H8N2OS.C9H11NO2/c12-8-6-11(9(13)10-8)7-4-2-1-3-5-7;10-8(9(11)12)6-7-4-2-1-3-5-7/h1-5H,6H2,(H,10,12,13);1-5,8H,6,10H2,(H,11,12)/t;8-/m.0/s1. The van der Waals surface area contributed by atoms with Gasteiger partial charge < -0.3 is 21.1 Å². The van der Waals surface area contributed by atoms with E-state index in [0.717, 1.165) is 11.3 Å². The third kappa shape index (κ3) is 5.66. The van der Waals surface area contributed by atoms with Gasteiger partial charge in [-0.2, -0.15) is 0 Å². The number of nitrogens with two attached hydrogens (primary N) is 1. The van der Waals surface area contributed by atoms with Crippen molar-refractivity contribution in [2.45, 2.75) is 12.5 Å². The van der Waals surface area contributed by atoms with E-state index in [1.54, 1.807) is 4.90 Å². The van der Waals surface area contributed by atoms with E-state index >= 15 is 0 Å². The van der Waals surface area contributed by atoms with Crippen molar-refractivity contribution >= 4 is 34.9 Å². The Kier molecular flexibility index (Phi) is 6.62. The quantitative estimate of drug-likeness (QED) is 0.719. The first-order valence-electron chi connectivity index (χ1n) is 7.66. The fourth-order valence-electron chi connectivity index (χ4n) is 2.21. The van der Waals surface area contributed by atoms with Gasteiger partial charge in [-0.15, -0.1) is 0 Å². The van der Waals surface area contributed by atoms with Crippen LogP contribution < -0.4 is 16.0 Å². The number of carbonyl (C=O) groups excluding carboxylic acids is 1. The second-order valence-electron chi connectivity index (χ2n) is 5.41. The van der Waals surface area contributed by atoms with Crippen LogP contribution in [0.15, 0.2) is 60.7 Å². The molecule has 0 spiro atoms. The first-order valence-corrected chi connectivity index (χ1v) is 8.07. The van der Waals surface area contributed by atoms with Gasteiger partial charge in [0.15, 0.2) is 5.11 Å². The lowest BCUT2D eigenvalue weighted by Crippen LogP contribution is -2.32. The van der Waals surface area contributed by atoms with Crippen LogP contribution >= 0.6 is 12.2 Å². The van der Waals surface area contributed by atoms with E-state index < -0.39 is 12.0 Å². The minimum atomic E-state index is -0.959. The van der Waals surface area contributed by atoms with E-state index in [2.05, 4.69) is 5.32 Å². The van der Waals surface area contributed by atoms with Gasteiger partial charge in [0.05, 0.1) is 0 Å². The molecule has 0 aromatic heterocycles. The number of thiocarbonyl (C=S) groups is 1. The molecule has 2 aromatic rings. The summed E-state index contributed by atoms with van der Waals surface area (Å²) in [5.74, 6) is -1.01. The summed E-state index contributed by atoms with van der Waals surface area (Å²) in [4.78, 5) is 23.2. The summed E-state index contributed by atoms with van der Waals surface area (Å²) in [6.07, 6.45) is 0.385. The maximum Gasteiger partial charge on any atom is 0.320 e. The van der Waals surface area contributed by atoms with Crippen molar-refractivity contribution in [2.24, 2.45) is 5.73 Å². The molecule has 130 valence electrons. The number of hydrogen-bond acceptors (Lipinski definition) is 4. The number of amides is 1. The normalized spacial score (nSPS) is 14.4. The highest BCUT2D eigenvalue weighted by atomic mass is 32.1. The number of anilines is 1. The summed E-state index contributed by atoms with van der Waals surface area (Å²) in [6.45, 7) is 0.322. The van der Waals surface area contributed by atoms with Crippen molar-refractivity contribution in [2.75, 3.05) is 11.4 Å². The molecule has 1 aliphatic heterocycles. The number of carbonyl (C=O) groups is 2. The van der Waals surface area contributed by atoms with Gasteiger partial charge in [0.1, 0.15) is 12.6 Å². The highest BCUT2D eigenvalue weighted by Gasteiger charge is 2.23. The largest absolute Gasteiger partial charge is 0.480 e. The molecule has 4 N–H and O–H groups in total. The Labute approximate surface area is 151 Å². The molecule has 3 rings (SSSR count). The van der Waals surface area contributed by atoms with Crippen LogP contribution in [0.4, 0.5) is 5.69 Å². The Hall–Kier alpha value is -2.77. The van der Waals surface area contributed by atoms with Crippen LogP contribution in [0.1, 0.15) is 5.56 Å². The summed E-state index contributed by atoms with van der Waals surface area (Å²) in [6, 6.07) is 18.2. The van der Waals surface area contributed by atoms with Gasteiger partial charge in [-0.1, -0.05) is 48.5 Å². The summed E-state index contributed by atoms with van der Waals surface area (Å²) in [5.41, 5.74) is 7.25. The minimum Gasteiger partial charge on any atom is -0.480 e. The number of carboxylic acids is 1. The maximum atomic E-state index is 11.0. The third-order valence-electron chi connectivity index (χ3n) is 3.48. The zero-order chi connectivity index (χ0) is 18.2. The molecule has 25 heavy (non-hydrogen) atoms. The van der Waals surface area contributed by atoms with Crippen molar-refractivity contribution in [3.63, 3.8) is 0 Å². The molecule has 1 fully saturated rings. The van der Waals surface area contributed by atoms with Crippen molar-refractivity contribution in [1.29, 1.82) is 0 Å². The number of para-hydroxylation sites is 1. The average Bonchev–Trinajstić information content (AvgIpc) is 2.95.